The van der Waals surface area contributed by atoms with Gasteiger partial charge in [-0.2, -0.15) is 11.3 Å². The maximum absolute atomic E-state index is 5.09. The van der Waals surface area contributed by atoms with Crippen molar-refractivity contribution in [2.45, 2.75) is 19.3 Å². The zero-order valence-electron chi connectivity index (χ0n) is 12.3. The molecule has 3 heteroatoms. The number of nitrogens with one attached hydrogen (secondary N) is 1. The summed E-state index contributed by atoms with van der Waals surface area (Å²) in [5.74, 6) is 0.515. The molecular formula is C17H23NOS. The molecule has 1 aromatic carbocycles. The number of aryl methyl sites for hydroxylation is 1. The molecule has 0 aliphatic carbocycles. The summed E-state index contributed by atoms with van der Waals surface area (Å²) in [6.45, 7) is 4.81. The summed E-state index contributed by atoms with van der Waals surface area (Å²) >= 11 is 1.77. The number of hydrogen-bond acceptors (Lipinski definition) is 3. The van der Waals surface area contributed by atoms with E-state index in [2.05, 4.69) is 53.3 Å². The first kappa shape index (κ1) is 15.2. The minimum absolute atomic E-state index is 0.515. The van der Waals surface area contributed by atoms with Crippen LogP contribution in [0.25, 0.3) is 0 Å². The normalized spacial score (nSPS) is 12.5. The van der Waals surface area contributed by atoms with Crippen LogP contribution in [0.4, 0.5) is 0 Å². The molecule has 1 heterocycles. The molecule has 20 heavy (non-hydrogen) atoms. The molecule has 1 unspecified atom stereocenters. The first-order chi connectivity index (χ1) is 9.79. The van der Waals surface area contributed by atoms with Gasteiger partial charge in [0, 0.05) is 26.1 Å². The average Bonchev–Trinajstić information content (AvgIpc) is 2.95. The molecule has 0 saturated carbocycles. The third kappa shape index (κ3) is 4.75. The molecule has 0 saturated heterocycles. The van der Waals surface area contributed by atoms with Crippen LogP contribution in [-0.4, -0.2) is 26.8 Å². The predicted molar refractivity (Wildman–Crippen MR) is 86.7 cm³/mol. The number of ether oxygens (including phenoxy) is 1. The van der Waals surface area contributed by atoms with Crippen LogP contribution in [0.1, 0.15) is 22.6 Å². The van der Waals surface area contributed by atoms with Gasteiger partial charge in [0.2, 0.25) is 0 Å². The number of thiophene rings is 1. The molecule has 2 nitrogen and oxygen atoms in total. The summed E-state index contributed by atoms with van der Waals surface area (Å²) in [6.07, 6.45) is 1.09. The minimum Gasteiger partial charge on any atom is -0.383 e. The molecular weight excluding hydrogens is 266 g/mol. The zero-order valence-corrected chi connectivity index (χ0v) is 13.1. The average molecular weight is 289 g/mol. The zero-order chi connectivity index (χ0) is 14.2. The van der Waals surface area contributed by atoms with E-state index in [4.69, 9.17) is 4.74 Å². The maximum Gasteiger partial charge on any atom is 0.0587 e. The van der Waals surface area contributed by atoms with Crippen LogP contribution < -0.4 is 5.32 Å². The molecule has 0 radical (unpaired) electrons. The van der Waals surface area contributed by atoms with Crippen molar-refractivity contribution >= 4 is 11.3 Å². The van der Waals surface area contributed by atoms with E-state index in [0.29, 0.717) is 5.92 Å². The van der Waals surface area contributed by atoms with Gasteiger partial charge in [-0.25, -0.2) is 0 Å². The topological polar surface area (TPSA) is 21.3 Å². The van der Waals surface area contributed by atoms with Crippen LogP contribution >= 0.6 is 11.3 Å². The van der Waals surface area contributed by atoms with E-state index in [0.717, 1.165) is 26.1 Å². The third-order valence-corrected chi connectivity index (χ3v) is 4.18. The highest BCUT2D eigenvalue weighted by Gasteiger charge is 2.12. The molecule has 0 bridgehead atoms. The molecule has 108 valence electrons. The monoisotopic (exact) mass is 289 g/mol. The summed E-state index contributed by atoms with van der Waals surface area (Å²) in [5.41, 5.74) is 4.17. The van der Waals surface area contributed by atoms with Crippen molar-refractivity contribution in [2.24, 2.45) is 0 Å². The lowest BCUT2D eigenvalue weighted by molar-refractivity contribution is 0.199. The highest BCUT2D eigenvalue weighted by molar-refractivity contribution is 7.07. The summed E-state index contributed by atoms with van der Waals surface area (Å²) in [7, 11) is 1.74. The maximum atomic E-state index is 5.09. The third-order valence-electron chi connectivity index (χ3n) is 3.45. The fourth-order valence-electron chi connectivity index (χ4n) is 2.38. The molecule has 0 aliphatic rings. The predicted octanol–water partition coefficient (Wildman–Crippen LogP) is 3.62. The van der Waals surface area contributed by atoms with Crippen molar-refractivity contribution in [1.82, 2.24) is 5.32 Å². The standard InChI is InChI=1S/C17H23NOS/c1-14-4-3-5-16(10-14)17(12-18-7-8-19-2)11-15-6-9-20-13-15/h3-6,9-10,13,17-18H,7-8,11-12H2,1-2H3. The van der Waals surface area contributed by atoms with Gasteiger partial charge in [0.1, 0.15) is 0 Å². The Balaban J connectivity index is 2.03. The largest absolute Gasteiger partial charge is 0.383 e. The van der Waals surface area contributed by atoms with Gasteiger partial charge >= 0.3 is 0 Å². The van der Waals surface area contributed by atoms with Gasteiger partial charge in [-0.3, -0.25) is 0 Å². The van der Waals surface area contributed by atoms with E-state index in [-0.39, 0.29) is 0 Å². The van der Waals surface area contributed by atoms with E-state index < -0.39 is 0 Å². The molecule has 2 rings (SSSR count). The second-order valence-corrected chi connectivity index (χ2v) is 5.92. The fraction of sp³-hybridized carbons (Fsp3) is 0.412. The Labute approximate surface area is 125 Å². The first-order valence-electron chi connectivity index (χ1n) is 7.07. The lowest BCUT2D eigenvalue weighted by Gasteiger charge is -2.18. The van der Waals surface area contributed by atoms with Crippen LogP contribution in [0.5, 0.6) is 0 Å². The summed E-state index contributed by atoms with van der Waals surface area (Å²) in [4.78, 5) is 0. The van der Waals surface area contributed by atoms with Crippen LogP contribution in [-0.2, 0) is 11.2 Å². The van der Waals surface area contributed by atoms with Crippen molar-refractivity contribution in [3.8, 4) is 0 Å². The summed E-state index contributed by atoms with van der Waals surface area (Å²) in [5, 5.41) is 7.90. The number of benzene rings is 1. The highest BCUT2D eigenvalue weighted by Crippen LogP contribution is 2.22. The molecule has 0 aliphatic heterocycles. The van der Waals surface area contributed by atoms with Gasteiger partial charge < -0.3 is 10.1 Å². The Morgan fingerprint density at radius 3 is 2.90 bits per heavy atom. The Morgan fingerprint density at radius 2 is 2.20 bits per heavy atom. The van der Waals surface area contributed by atoms with Crippen LogP contribution in [0.3, 0.4) is 0 Å². The highest BCUT2D eigenvalue weighted by atomic mass is 32.1. The minimum atomic E-state index is 0.515. The molecule has 0 spiro atoms. The fourth-order valence-corrected chi connectivity index (χ4v) is 3.06. The molecule has 0 fully saturated rings. The summed E-state index contributed by atoms with van der Waals surface area (Å²) in [6, 6.07) is 11.1. The van der Waals surface area contributed by atoms with Crippen molar-refractivity contribution in [2.75, 3.05) is 26.8 Å². The van der Waals surface area contributed by atoms with Crippen molar-refractivity contribution < 1.29 is 4.74 Å². The van der Waals surface area contributed by atoms with Crippen molar-refractivity contribution in [1.29, 1.82) is 0 Å². The van der Waals surface area contributed by atoms with E-state index >= 15 is 0 Å². The number of methoxy groups -OCH3 is 1. The van der Waals surface area contributed by atoms with Crippen LogP contribution in [0.2, 0.25) is 0 Å². The molecule has 1 N–H and O–H groups in total. The lowest BCUT2D eigenvalue weighted by Crippen LogP contribution is -2.26. The second-order valence-electron chi connectivity index (χ2n) is 5.14. The van der Waals surface area contributed by atoms with E-state index in [9.17, 15) is 0 Å². The summed E-state index contributed by atoms with van der Waals surface area (Å²) < 4.78 is 5.09. The van der Waals surface area contributed by atoms with Gasteiger partial charge in [0.05, 0.1) is 6.61 Å². The SMILES string of the molecule is COCCNCC(Cc1ccsc1)c1cccc(C)c1. The van der Waals surface area contributed by atoms with Gasteiger partial charge in [-0.1, -0.05) is 29.8 Å². The molecule has 1 aromatic heterocycles. The Morgan fingerprint density at radius 1 is 1.30 bits per heavy atom. The van der Waals surface area contributed by atoms with E-state index in [1.54, 1.807) is 18.4 Å². The number of rotatable bonds is 8. The Bertz CT molecular complexity index is 495. The van der Waals surface area contributed by atoms with Crippen molar-refractivity contribution in [3.05, 3.63) is 57.8 Å². The van der Waals surface area contributed by atoms with Crippen LogP contribution in [0, 0.1) is 6.92 Å². The van der Waals surface area contributed by atoms with E-state index in [1.807, 2.05) is 0 Å². The van der Waals surface area contributed by atoms with Gasteiger partial charge in [-0.15, -0.1) is 0 Å². The smallest absolute Gasteiger partial charge is 0.0587 e. The van der Waals surface area contributed by atoms with E-state index in [1.165, 1.54) is 16.7 Å². The second kappa shape index (κ2) is 8.20. The molecule has 0 amide bonds. The van der Waals surface area contributed by atoms with Crippen LogP contribution in [0.15, 0.2) is 41.1 Å². The van der Waals surface area contributed by atoms with Crippen molar-refractivity contribution in [3.63, 3.8) is 0 Å². The van der Waals surface area contributed by atoms with Gasteiger partial charge in [-0.05, 0) is 41.3 Å². The Kier molecular flexibility index (Phi) is 6.25. The number of hydrogen-bond donors (Lipinski definition) is 1. The molecule has 1 atom stereocenters. The lowest BCUT2D eigenvalue weighted by atomic mass is 9.92. The molecule has 2 aromatic rings. The van der Waals surface area contributed by atoms with Gasteiger partial charge in [0.15, 0.2) is 0 Å². The Hall–Kier alpha value is -1.16. The quantitative estimate of drug-likeness (QED) is 0.749. The first-order valence-corrected chi connectivity index (χ1v) is 8.01. The van der Waals surface area contributed by atoms with Gasteiger partial charge in [0.25, 0.3) is 0 Å².